The van der Waals surface area contributed by atoms with Gasteiger partial charge in [0.2, 0.25) is 0 Å². The van der Waals surface area contributed by atoms with Crippen molar-refractivity contribution in [1.82, 2.24) is 18.7 Å². The Kier molecular flexibility index (Phi) is 5.40. The number of aliphatic hydroxyl groups is 1. The predicted octanol–water partition coefficient (Wildman–Crippen LogP) is 1.66. The molecule has 156 valence electrons. The largest absolute Gasteiger partial charge is 0.490 e. The Morgan fingerprint density at radius 3 is 2.57 bits per heavy atom. The standard InChI is InChI=1S/C21H22N4O4S/c1-23-17-18(24(2)21(28)25(3)19(17)27)22-20(23)30-12-14(26)11-29-16-10-6-8-13-7-4-5-9-15(13)16/h4-10,14,26H,11-12H2,1-3H3. The summed E-state index contributed by atoms with van der Waals surface area (Å²) in [4.78, 5) is 29.0. The van der Waals surface area contributed by atoms with Crippen LogP contribution in [0.25, 0.3) is 21.9 Å². The molecule has 0 bridgehead atoms. The van der Waals surface area contributed by atoms with Crippen molar-refractivity contribution in [2.24, 2.45) is 21.1 Å². The van der Waals surface area contributed by atoms with Crippen LogP contribution in [0.5, 0.6) is 5.75 Å². The van der Waals surface area contributed by atoms with E-state index in [-0.39, 0.29) is 6.61 Å². The fraction of sp³-hybridized carbons (Fsp3) is 0.286. The first-order valence-corrected chi connectivity index (χ1v) is 10.4. The average molecular weight is 426 g/mol. The molecule has 0 saturated carbocycles. The fourth-order valence-corrected chi connectivity index (χ4v) is 4.23. The van der Waals surface area contributed by atoms with Crippen LogP contribution in [-0.2, 0) is 21.1 Å². The number of hydrogen-bond acceptors (Lipinski definition) is 6. The summed E-state index contributed by atoms with van der Waals surface area (Å²) in [5, 5.41) is 13.0. The Morgan fingerprint density at radius 2 is 1.77 bits per heavy atom. The van der Waals surface area contributed by atoms with Gasteiger partial charge in [0.15, 0.2) is 16.3 Å². The summed E-state index contributed by atoms with van der Waals surface area (Å²) in [6.07, 6.45) is -0.736. The van der Waals surface area contributed by atoms with E-state index < -0.39 is 17.4 Å². The molecule has 0 saturated heterocycles. The lowest BCUT2D eigenvalue weighted by molar-refractivity contribution is 0.127. The van der Waals surface area contributed by atoms with Gasteiger partial charge in [-0.3, -0.25) is 13.9 Å². The molecule has 1 atom stereocenters. The number of thioether (sulfide) groups is 1. The summed E-state index contributed by atoms with van der Waals surface area (Å²) in [7, 11) is 4.75. The SMILES string of the molecule is Cn1c(=O)c2c(nc(SCC(O)COc3cccc4ccccc34)n2C)n(C)c1=O. The Bertz CT molecular complexity index is 1350. The lowest BCUT2D eigenvalue weighted by Gasteiger charge is -2.13. The Labute approximate surface area is 176 Å². The van der Waals surface area contributed by atoms with Crippen molar-refractivity contribution in [3.8, 4) is 5.75 Å². The van der Waals surface area contributed by atoms with Crippen LogP contribution < -0.4 is 16.0 Å². The van der Waals surface area contributed by atoms with Gasteiger partial charge in [-0.25, -0.2) is 9.78 Å². The van der Waals surface area contributed by atoms with Gasteiger partial charge in [-0.15, -0.1) is 0 Å². The van der Waals surface area contributed by atoms with Crippen LogP contribution in [0.3, 0.4) is 0 Å². The second-order valence-corrected chi connectivity index (χ2v) is 8.07. The van der Waals surface area contributed by atoms with E-state index in [9.17, 15) is 14.7 Å². The summed E-state index contributed by atoms with van der Waals surface area (Å²) in [6.45, 7) is 0.130. The molecule has 1 N–H and O–H groups in total. The van der Waals surface area contributed by atoms with Crippen molar-refractivity contribution in [2.75, 3.05) is 12.4 Å². The van der Waals surface area contributed by atoms with Gasteiger partial charge in [-0.05, 0) is 11.5 Å². The van der Waals surface area contributed by atoms with E-state index in [1.54, 1.807) is 18.7 Å². The fourth-order valence-electron chi connectivity index (χ4n) is 3.35. The number of benzene rings is 2. The molecule has 0 aliphatic rings. The predicted molar refractivity (Wildman–Crippen MR) is 117 cm³/mol. The quantitative estimate of drug-likeness (QED) is 0.472. The average Bonchev–Trinajstić information content (AvgIpc) is 3.09. The summed E-state index contributed by atoms with van der Waals surface area (Å²) < 4.78 is 9.90. The molecule has 0 aliphatic heterocycles. The highest BCUT2D eigenvalue weighted by atomic mass is 32.2. The normalized spacial score (nSPS) is 12.5. The molecular formula is C21H22N4O4S. The number of aryl methyl sites for hydroxylation is 2. The molecular weight excluding hydrogens is 404 g/mol. The minimum absolute atomic E-state index is 0.130. The molecule has 0 amide bonds. The minimum atomic E-state index is -0.736. The van der Waals surface area contributed by atoms with E-state index in [2.05, 4.69) is 4.98 Å². The molecule has 8 nitrogen and oxygen atoms in total. The minimum Gasteiger partial charge on any atom is -0.490 e. The Balaban J connectivity index is 1.48. The number of rotatable bonds is 6. The first-order chi connectivity index (χ1) is 14.4. The maximum absolute atomic E-state index is 12.5. The van der Waals surface area contributed by atoms with Crippen LogP contribution in [-0.4, -0.2) is 42.3 Å². The number of nitrogens with zero attached hydrogens (tertiary/aromatic N) is 4. The third-order valence-electron chi connectivity index (χ3n) is 5.02. The topological polar surface area (TPSA) is 91.3 Å². The zero-order chi connectivity index (χ0) is 21.4. The van der Waals surface area contributed by atoms with Crippen molar-refractivity contribution in [3.63, 3.8) is 0 Å². The molecule has 0 aliphatic carbocycles. The highest BCUT2D eigenvalue weighted by molar-refractivity contribution is 7.99. The van der Waals surface area contributed by atoms with Crippen LogP contribution in [0.1, 0.15) is 0 Å². The van der Waals surface area contributed by atoms with Crippen molar-refractivity contribution in [2.45, 2.75) is 11.3 Å². The molecule has 2 heterocycles. The van der Waals surface area contributed by atoms with Gasteiger partial charge >= 0.3 is 5.69 Å². The Hall–Kier alpha value is -3.04. The van der Waals surface area contributed by atoms with Crippen LogP contribution in [0.4, 0.5) is 0 Å². The van der Waals surface area contributed by atoms with Gasteiger partial charge in [0.25, 0.3) is 5.56 Å². The highest BCUT2D eigenvalue weighted by Gasteiger charge is 2.18. The van der Waals surface area contributed by atoms with E-state index in [4.69, 9.17) is 4.74 Å². The zero-order valence-corrected chi connectivity index (χ0v) is 17.7. The van der Waals surface area contributed by atoms with Crippen molar-refractivity contribution < 1.29 is 9.84 Å². The van der Waals surface area contributed by atoms with Gasteiger partial charge in [-0.2, -0.15) is 0 Å². The molecule has 2 aromatic carbocycles. The molecule has 30 heavy (non-hydrogen) atoms. The molecule has 0 fully saturated rings. The van der Waals surface area contributed by atoms with E-state index >= 15 is 0 Å². The van der Waals surface area contributed by atoms with Gasteiger partial charge in [0.1, 0.15) is 12.4 Å². The molecule has 4 aromatic rings. The molecule has 9 heteroatoms. The van der Waals surface area contributed by atoms with Crippen molar-refractivity contribution in [1.29, 1.82) is 0 Å². The number of hydrogen-bond donors (Lipinski definition) is 1. The number of imidazole rings is 1. The lowest BCUT2D eigenvalue weighted by atomic mass is 10.1. The lowest BCUT2D eigenvalue weighted by Crippen LogP contribution is -2.37. The summed E-state index contributed by atoms with van der Waals surface area (Å²) in [6, 6.07) is 13.7. The monoisotopic (exact) mass is 426 g/mol. The first-order valence-electron chi connectivity index (χ1n) is 9.42. The maximum atomic E-state index is 12.5. The van der Waals surface area contributed by atoms with Crippen LogP contribution in [0.2, 0.25) is 0 Å². The number of ether oxygens (including phenoxy) is 1. The molecule has 4 rings (SSSR count). The van der Waals surface area contributed by atoms with E-state index in [0.29, 0.717) is 22.1 Å². The number of fused-ring (bicyclic) bond motifs is 2. The van der Waals surface area contributed by atoms with Gasteiger partial charge < -0.3 is 14.4 Å². The summed E-state index contributed by atoms with van der Waals surface area (Å²) in [5.74, 6) is 1.05. The van der Waals surface area contributed by atoms with Crippen LogP contribution >= 0.6 is 11.8 Å². The highest BCUT2D eigenvalue weighted by Crippen LogP contribution is 2.26. The number of aliphatic hydroxyl groups excluding tert-OH is 1. The van der Waals surface area contributed by atoms with Crippen LogP contribution in [0, 0.1) is 0 Å². The number of aromatic nitrogens is 4. The van der Waals surface area contributed by atoms with Gasteiger partial charge in [-0.1, -0.05) is 48.2 Å². The van der Waals surface area contributed by atoms with Crippen LogP contribution in [0.15, 0.2) is 57.2 Å². The van der Waals surface area contributed by atoms with Crippen molar-refractivity contribution in [3.05, 3.63) is 63.3 Å². The molecule has 0 spiro atoms. The molecule has 2 aromatic heterocycles. The first kappa shape index (κ1) is 20.2. The van der Waals surface area contributed by atoms with Gasteiger partial charge in [0, 0.05) is 32.3 Å². The molecule has 0 radical (unpaired) electrons. The maximum Gasteiger partial charge on any atom is 0.332 e. The Morgan fingerprint density at radius 1 is 1.03 bits per heavy atom. The third-order valence-corrected chi connectivity index (χ3v) is 6.19. The third kappa shape index (κ3) is 3.50. The summed E-state index contributed by atoms with van der Waals surface area (Å²) >= 11 is 1.31. The van der Waals surface area contributed by atoms with Crippen molar-refractivity contribution >= 4 is 33.7 Å². The smallest absolute Gasteiger partial charge is 0.332 e. The van der Waals surface area contributed by atoms with Gasteiger partial charge in [0.05, 0.1) is 6.10 Å². The van der Waals surface area contributed by atoms with E-state index in [0.717, 1.165) is 21.1 Å². The van der Waals surface area contributed by atoms with E-state index in [1.807, 2.05) is 42.5 Å². The van der Waals surface area contributed by atoms with E-state index in [1.165, 1.54) is 23.4 Å². The second kappa shape index (κ2) is 8.00. The molecule has 1 unspecified atom stereocenters. The zero-order valence-electron chi connectivity index (χ0n) is 16.9. The second-order valence-electron chi connectivity index (χ2n) is 7.08. The summed E-state index contributed by atoms with van der Waals surface area (Å²) in [5.41, 5.74) is -0.140.